The van der Waals surface area contributed by atoms with Crippen LogP contribution in [0, 0.1) is 6.92 Å². The summed E-state index contributed by atoms with van der Waals surface area (Å²) in [6.07, 6.45) is 2.97. The molecule has 5 nitrogen and oxygen atoms in total. The fourth-order valence-electron chi connectivity index (χ4n) is 2.45. The molecule has 1 saturated heterocycles. The van der Waals surface area contributed by atoms with Crippen molar-refractivity contribution < 1.29 is 9.53 Å². The first-order valence-electron chi connectivity index (χ1n) is 7.22. The number of pyridine rings is 1. The number of aromatic nitrogens is 1. The quantitative estimate of drug-likeness (QED) is 0.912. The van der Waals surface area contributed by atoms with Gasteiger partial charge in [-0.1, -0.05) is 6.92 Å². The number of nitrogens with zero attached hydrogens (tertiary/aromatic N) is 1. The van der Waals surface area contributed by atoms with Crippen molar-refractivity contribution in [3.05, 3.63) is 33.7 Å². The second-order valence-corrected chi connectivity index (χ2v) is 5.27. The fourth-order valence-corrected chi connectivity index (χ4v) is 2.45. The van der Waals surface area contributed by atoms with Crippen LogP contribution in [0.5, 0.6) is 0 Å². The van der Waals surface area contributed by atoms with Crippen molar-refractivity contribution in [1.82, 2.24) is 9.88 Å². The SMILES string of the molecule is CCCO[C@H]1CCCN(C(=O)c2ccc(C)[nH]c2=O)C1. The molecule has 1 aliphatic heterocycles. The summed E-state index contributed by atoms with van der Waals surface area (Å²) < 4.78 is 5.72. The summed E-state index contributed by atoms with van der Waals surface area (Å²) in [5, 5.41) is 0. The van der Waals surface area contributed by atoms with E-state index in [0.717, 1.165) is 31.6 Å². The Morgan fingerprint density at radius 2 is 2.30 bits per heavy atom. The van der Waals surface area contributed by atoms with Crippen LogP contribution in [-0.4, -0.2) is 41.6 Å². The van der Waals surface area contributed by atoms with Crippen LogP contribution in [0.3, 0.4) is 0 Å². The number of H-pyrrole nitrogens is 1. The van der Waals surface area contributed by atoms with Gasteiger partial charge in [0.15, 0.2) is 0 Å². The Morgan fingerprint density at radius 3 is 3.00 bits per heavy atom. The third-order valence-corrected chi connectivity index (χ3v) is 3.51. The van der Waals surface area contributed by atoms with Crippen LogP contribution in [0.15, 0.2) is 16.9 Å². The molecule has 1 amide bonds. The Kier molecular flexibility index (Phi) is 4.95. The molecule has 1 atom stereocenters. The van der Waals surface area contributed by atoms with Gasteiger partial charge >= 0.3 is 0 Å². The van der Waals surface area contributed by atoms with E-state index in [0.29, 0.717) is 13.1 Å². The normalized spacial score (nSPS) is 19.1. The molecule has 0 saturated carbocycles. The van der Waals surface area contributed by atoms with Crippen LogP contribution < -0.4 is 5.56 Å². The lowest BCUT2D eigenvalue weighted by Crippen LogP contribution is -2.44. The van der Waals surface area contributed by atoms with Gasteiger partial charge in [-0.15, -0.1) is 0 Å². The standard InChI is InChI=1S/C15H22N2O3/c1-3-9-20-12-5-4-8-17(10-12)15(19)13-7-6-11(2)16-14(13)18/h6-7,12H,3-5,8-10H2,1-2H3,(H,16,18)/t12-/m0/s1. The Morgan fingerprint density at radius 1 is 1.50 bits per heavy atom. The number of aromatic amines is 1. The largest absolute Gasteiger partial charge is 0.376 e. The lowest BCUT2D eigenvalue weighted by atomic mass is 10.1. The van der Waals surface area contributed by atoms with Gasteiger partial charge in [-0.2, -0.15) is 0 Å². The number of amides is 1. The van der Waals surface area contributed by atoms with E-state index in [1.165, 1.54) is 0 Å². The third-order valence-electron chi connectivity index (χ3n) is 3.51. The topological polar surface area (TPSA) is 62.4 Å². The highest BCUT2D eigenvalue weighted by atomic mass is 16.5. The maximum absolute atomic E-state index is 12.4. The van der Waals surface area contributed by atoms with Crippen LogP contribution in [-0.2, 0) is 4.74 Å². The third kappa shape index (κ3) is 3.48. The van der Waals surface area contributed by atoms with E-state index in [4.69, 9.17) is 4.74 Å². The van der Waals surface area contributed by atoms with E-state index in [1.807, 2.05) is 0 Å². The number of ether oxygens (including phenoxy) is 1. The fraction of sp³-hybridized carbons (Fsp3) is 0.600. The Bertz CT molecular complexity index is 524. The summed E-state index contributed by atoms with van der Waals surface area (Å²) in [5.41, 5.74) is 0.660. The first kappa shape index (κ1) is 14.8. The molecule has 1 fully saturated rings. The van der Waals surface area contributed by atoms with Gasteiger partial charge in [-0.3, -0.25) is 9.59 Å². The van der Waals surface area contributed by atoms with E-state index < -0.39 is 0 Å². The summed E-state index contributed by atoms with van der Waals surface area (Å²) >= 11 is 0. The predicted octanol–water partition coefficient (Wildman–Crippen LogP) is 1.71. The number of piperidine rings is 1. The zero-order chi connectivity index (χ0) is 14.5. The molecule has 0 bridgehead atoms. The van der Waals surface area contributed by atoms with Gasteiger partial charge in [0, 0.05) is 25.4 Å². The van der Waals surface area contributed by atoms with E-state index in [9.17, 15) is 9.59 Å². The molecular weight excluding hydrogens is 256 g/mol. The second kappa shape index (κ2) is 6.70. The van der Waals surface area contributed by atoms with Crippen molar-refractivity contribution in [2.45, 2.75) is 39.2 Å². The zero-order valence-electron chi connectivity index (χ0n) is 12.1. The van der Waals surface area contributed by atoms with Gasteiger partial charge in [-0.25, -0.2) is 0 Å². The van der Waals surface area contributed by atoms with Crippen molar-refractivity contribution in [1.29, 1.82) is 0 Å². The summed E-state index contributed by atoms with van der Waals surface area (Å²) in [6.45, 7) is 5.85. The molecule has 5 heteroatoms. The van der Waals surface area contributed by atoms with Crippen molar-refractivity contribution >= 4 is 5.91 Å². The number of hydrogen-bond donors (Lipinski definition) is 1. The maximum Gasteiger partial charge on any atom is 0.260 e. The van der Waals surface area contributed by atoms with Gasteiger partial charge in [0.05, 0.1) is 6.10 Å². The molecule has 0 spiro atoms. The summed E-state index contributed by atoms with van der Waals surface area (Å²) in [7, 11) is 0. The lowest BCUT2D eigenvalue weighted by Gasteiger charge is -2.32. The van der Waals surface area contributed by atoms with Crippen molar-refractivity contribution in [2.75, 3.05) is 19.7 Å². The molecule has 1 aromatic heterocycles. The molecule has 0 aromatic carbocycles. The molecule has 20 heavy (non-hydrogen) atoms. The van der Waals surface area contributed by atoms with Crippen LogP contribution in [0.2, 0.25) is 0 Å². The predicted molar refractivity (Wildman–Crippen MR) is 77.0 cm³/mol. The van der Waals surface area contributed by atoms with Gasteiger partial charge in [0.2, 0.25) is 0 Å². The van der Waals surface area contributed by atoms with Crippen LogP contribution in [0.25, 0.3) is 0 Å². The highest BCUT2D eigenvalue weighted by Gasteiger charge is 2.26. The summed E-state index contributed by atoms with van der Waals surface area (Å²) in [4.78, 5) is 28.6. The lowest BCUT2D eigenvalue weighted by molar-refractivity contribution is 0.00205. The molecule has 0 aliphatic carbocycles. The number of rotatable bonds is 4. The number of hydrogen-bond acceptors (Lipinski definition) is 3. The van der Waals surface area contributed by atoms with Gasteiger partial charge in [-0.05, 0) is 38.3 Å². The van der Waals surface area contributed by atoms with E-state index >= 15 is 0 Å². The number of nitrogens with one attached hydrogen (secondary N) is 1. The van der Waals surface area contributed by atoms with Crippen LogP contribution in [0.4, 0.5) is 0 Å². The Balaban J connectivity index is 2.06. The van der Waals surface area contributed by atoms with E-state index in [-0.39, 0.29) is 23.1 Å². The number of carbonyl (C=O) groups excluding carboxylic acids is 1. The minimum atomic E-state index is -0.313. The van der Waals surface area contributed by atoms with Crippen LogP contribution in [0.1, 0.15) is 42.2 Å². The number of aryl methyl sites for hydroxylation is 1. The molecule has 1 aromatic rings. The first-order chi connectivity index (χ1) is 9.61. The molecule has 1 N–H and O–H groups in total. The van der Waals surface area contributed by atoms with E-state index in [2.05, 4.69) is 11.9 Å². The van der Waals surface area contributed by atoms with Crippen molar-refractivity contribution in [3.8, 4) is 0 Å². The van der Waals surface area contributed by atoms with Crippen LogP contribution >= 0.6 is 0 Å². The molecule has 110 valence electrons. The molecule has 2 rings (SSSR count). The highest BCUT2D eigenvalue weighted by molar-refractivity contribution is 5.93. The molecule has 0 unspecified atom stereocenters. The molecular formula is C15H22N2O3. The maximum atomic E-state index is 12.4. The Labute approximate surface area is 118 Å². The number of carbonyl (C=O) groups is 1. The highest BCUT2D eigenvalue weighted by Crippen LogP contribution is 2.15. The zero-order valence-corrected chi connectivity index (χ0v) is 12.1. The number of likely N-dealkylation sites (tertiary alicyclic amines) is 1. The average molecular weight is 278 g/mol. The van der Waals surface area contributed by atoms with Crippen molar-refractivity contribution in [3.63, 3.8) is 0 Å². The Hall–Kier alpha value is -1.62. The van der Waals surface area contributed by atoms with Gasteiger partial charge in [0.1, 0.15) is 5.56 Å². The first-order valence-corrected chi connectivity index (χ1v) is 7.22. The monoisotopic (exact) mass is 278 g/mol. The molecule has 2 heterocycles. The second-order valence-electron chi connectivity index (χ2n) is 5.27. The smallest absolute Gasteiger partial charge is 0.260 e. The van der Waals surface area contributed by atoms with Gasteiger partial charge in [0.25, 0.3) is 11.5 Å². The molecule has 0 radical (unpaired) electrons. The van der Waals surface area contributed by atoms with E-state index in [1.54, 1.807) is 24.0 Å². The summed E-state index contributed by atoms with van der Waals surface area (Å²) in [5.74, 6) is -0.198. The molecule has 1 aliphatic rings. The minimum Gasteiger partial charge on any atom is -0.376 e. The van der Waals surface area contributed by atoms with Gasteiger partial charge < -0.3 is 14.6 Å². The minimum absolute atomic E-state index is 0.0946. The average Bonchev–Trinajstić information content (AvgIpc) is 2.45. The van der Waals surface area contributed by atoms with Crippen molar-refractivity contribution in [2.24, 2.45) is 0 Å². The summed E-state index contributed by atoms with van der Waals surface area (Å²) in [6, 6.07) is 3.36.